The van der Waals surface area contributed by atoms with Gasteiger partial charge in [-0.2, -0.15) is 0 Å². The van der Waals surface area contributed by atoms with E-state index in [1.165, 1.54) is 17.7 Å². The van der Waals surface area contributed by atoms with Gasteiger partial charge in [0.05, 0.1) is 17.7 Å². The number of thiazole rings is 1. The van der Waals surface area contributed by atoms with Crippen molar-refractivity contribution >= 4 is 38.8 Å². The van der Waals surface area contributed by atoms with Crippen molar-refractivity contribution in [2.75, 3.05) is 0 Å². The van der Waals surface area contributed by atoms with E-state index in [2.05, 4.69) is 66.1 Å². The highest BCUT2D eigenvalue weighted by Crippen LogP contribution is 2.23. The number of aromatic nitrogens is 8. The molecule has 12 heteroatoms. The molecule has 162 valence electrons. The van der Waals surface area contributed by atoms with Gasteiger partial charge >= 0.3 is 5.65 Å². The number of nitrogens with zero attached hydrogens (tertiary/aromatic N) is 6. The predicted octanol–water partition coefficient (Wildman–Crippen LogP) is 2.62. The van der Waals surface area contributed by atoms with Gasteiger partial charge in [0.15, 0.2) is 22.7 Å². The molecule has 32 heavy (non-hydrogen) atoms. The van der Waals surface area contributed by atoms with Crippen LogP contribution >= 0.6 is 11.3 Å². The molecule has 0 unspecified atom stereocenters. The first-order valence-corrected chi connectivity index (χ1v) is 10.8. The van der Waals surface area contributed by atoms with E-state index in [-0.39, 0.29) is 17.0 Å². The molecule has 0 fully saturated rings. The molecule has 3 N–H and O–H groups in total. The van der Waals surface area contributed by atoms with E-state index in [4.69, 9.17) is 4.52 Å². The Morgan fingerprint density at radius 2 is 2.09 bits per heavy atom. The minimum atomic E-state index is -0.441. The normalized spacial score (nSPS) is 13.0. The highest BCUT2D eigenvalue weighted by atomic mass is 32.1. The second kappa shape index (κ2) is 7.41. The third-order valence-electron chi connectivity index (χ3n) is 4.87. The Morgan fingerprint density at radius 1 is 1.25 bits per heavy atom. The van der Waals surface area contributed by atoms with Crippen LogP contribution in [0.3, 0.4) is 0 Å². The predicted molar refractivity (Wildman–Crippen MR) is 116 cm³/mol. The van der Waals surface area contributed by atoms with E-state index in [1.807, 2.05) is 0 Å². The standard InChI is InChI=1S/C20H19N9O2S/c1-9(25-17(30)13-14-18(23-7-22-13)32-8-24-14)12-5-10(29-31-12)15-26-11-6-21-19(20(2,3)4)28-16(11)27-15/h5-9H,1-4H3,(H,25,30)(H,21,26,27,28)/p+1/t9-/m1/s1. The largest absolute Gasteiger partial charge is 0.358 e. The molecule has 0 saturated heterocycles. The lowest BCUT2D eigenvalue weighted by atomic mass is 9.96. The zero-order chi connectivity index (χ0) is 22.5. The van der Waals surface area contributed by atoms with Gasteiger partial charge in [-0.25, -0.2) is 24.9 Å². The molecule has 0 aliphatic heterocycles. The smallest absolute Gasteiger partial charge is 0.303 e. The molecule has 0 aliphatic rings. The Kier molecular flexibility index (Phi) is 4.66. The second-order valence-corrected chi connectivity index (χ2v) is 9.20. The molecule has 0 radical (unpaired) electrons. The van der Waals surface area contributed by atoms with Crippen LogP contribution in [0.25, 0.3) is 33.0 Å². The maximum atomic E-state index is 12.7. The molecule has 5 rings (SSSR count). The molecular formula is C20H20N9O2S+. The van der Waals surface area contributed by atoms with Crippen LogP contribution in [-0.2, 0) is 5.41 Å². The Bertz CT molecular complexity index is 1450. The van der Waals surface area contributed by atoms with Crippen LogP contribution in [-0.4, -0.2) is 41.0 Å². The summed E-state index contributed by atoms with van der Waals surface area (Å²) in [4.78, 5) is 41.2. The first-order chi connectivity index (χ1) is 15.3. The van der Waals surface area contributed by atoms with Gasteiger partial charge in [0.25, 0.3) is 11.7 Å². The summed E-state index contributed by atoms with van der Waals surface area (Å²) in [5.41, 5.74) is 4.16. The maximum absolute atomic E-state index is 12.7. The van der Waals surface area contributed by atoms with E-state index >= 15 is 0 Å². The van der Waals surface area contributed by atoms with Gasteiger partial charge in [-0.15, -0.1) is 11.3 Å². The van der Waals surface area contributed by atoms with Crippen LogP contribution in [0.1, 0.15) is 55.8 Å². The van der Waals surface area contributed by atoms with Gasteiger partial charge in [0.1, 0.15) is 16.7 Å². The number of hydrogen-bond acceptors (Lipinski definition) is 9. The van der Waals surface area contributed by atoms with Crippen LogP contribution in [0.5, 0.6) is 0 Å². The Morgan fingerprint density at radius 3 is 2.91 bits per heavy atom. The molecule has 1 atom stereocenters. The molecule has 0 aromatic carbocycles. The Balaban J connectivity index is 1.37. The topological polar surface area (TPSA) is 150 Å². The average Bonchev–Trinajstić information content (AvgIpc) is 3.50. The fourth-order valence-electron chi connectivity index (χ4n) is 3.15. The fourth-order valence-corrected chi connectivity index (χ4v) is 3.78. The molecule has 1 amide bonds. The zero-order valence-electron chi connectivity index (χ0n) is 17.8. The van der Waals surface area contributed by atoms with Crippen LogP contribution in [0, 0.1) is 0 Å². The molecular weight excluding hydrogens is 430 g/mol. The summed E-state index contributed by atoms with van der Waals surface area (Å²) in [5.74, 6) is 1.50. The van der Waals surface area contributed by atoms with Crippen LogP contribution < -0.4 is 10.3 Å². The van der Waals surface area contributed by atoms with Crippen molar-refractivity contribution in [2.45, 2.75) is 39.2 Å². The third-order valence-corrected chi connectivity index (χ3v) is 5.60. The lowest BCUT2D eigenvalue weighted by Gasteiger charge is -2.11. The van der Waals surface area contributed by atoms with E-state index in [0.717, 1.165) is 11.3 Å². The molecule has 0 aliphatic carbocycles. The second-order valence-electron chi connectivity index (χ2n) is 8.37. The molecule has 0 bridgehead atoms. The van der Waals surface area contributed by atoms with Gasteiger partial charge in [-0.3, -0.25) is 9.78 Å². The lowest BCUT2D eigenvalue weighted by molar-refractivity contribution is -0.334. The van der Waals surface area contributed by atoms with E-state index < -0.39 is 6.04 Å². The summed E-state index contributed by atoms with van der Waals surface area (Å²) >= 11 is 1.35. The number of aromatic amines is 2. The number of rotatable bonds is 4. The number of amides is 1. The SMILES string of the molecule is C[C@@H](NC(=O)c1ncnc2scnc12)c1cc(-c2[nH]c3cnc(C(C)(C)C)nc3[nH+]2)no1. The third kappa shape index (κ3) is 3.58. The van der Waals surface area contributed by atoms with Crippen LogP contribution in [0.15, 0.2) is 28.6 Å². The fraction of sp³-hybridized carbons (Fsp3) is 0.300. The summed E-state index contributed by atoms with van der Waals surface area (Å²) in [5, 5.41) is 6.99. The first kappa shape index (κ1) is 20.1. The average molecular weight is 451 g/mol. The number of nitrogens with one attached hydrogen (secondary N) is 3. The molecule has 5 aromatic heterocycles. The summed E-state index contributed by atoms with van der Waals surface area (Å²) in [6.07, 6.45) is 3.10. The molecule has 0 spiro atoms. The zero-order valence-corrected chi connectivity index (χ0v) is 18.6. The summed E-state index contributed by atoms with van der Waals surface area (Å²) in [6, 6.07) is 1.31. The van der Waals surface area contributed by atoms with Crippen molar-refractivity contribution in [1.29, 1.82) is 0 Å². The van der Waals surface area contributed by atoms with Gasteiger partial charge in [-0.05, 0) is 6.92 Å². The van der Waals surface area contributed by atoms with Crippen molar-refractivity contribution in [3.63, 3.8) is 0 Å². The highest BCUT2D eigenvalue weighted by molar-refractivity contribution is 7.16. The van der Waals surface area contributed by atoms with E-state index in [1.54, 1.807) is 24.7 Å². The van der Waals surface area contributed by atoms with Crippen LogP contribution in [0.2, 0.25) is 0 Å². The lowest BCUT2D eigenvalue weighted by Crippen LogP contribution is -2.27. The first-order valence-electron chi connectivity index (χ1n) is 9.90. The number of carbonyl (C=O) groups excluding carboxylic acids is 1. The summed E-state index contributed by atoms with van der Waals surface area (Å²) in [6.45, 7) is 7.98. The van der Waals surface area contributed by atoms with Crippen molar-refractivity contribution in [3.05, 3.63) is 41.4 Å². The minimum absolute atomic E-state index is 0.165. The number of fused-ring (bicyclic) bond motifs is 2. The highest BCUT2D eigenvalue weighted by Gasteiger charge is 2.25. The molecule has 0 saturated carbocycles. The Hall–Kier alpha value is -3.80. The monoisotopic (exact) mass is 450 g/mol. The van der Waals surface area contributed by atoms with Gasteiger partial charge in [-0.1, -0.05) is 30.9 Å². The number of imidazole rings is 1. The Labute approximate surface area is 185 Å². The maximum Gasteiger partial charge on any atom is 0.303 e. The summed E-state index contributed by atoms with van der Waals surface area (Å²) < 4.78 is 5.48. The van der Waals surface area contributed by atoms with Gasteiger partial charge in [0.2, 0.25) is 5.82 Å². The quantitative estimate of drug-likeness (QED) is 0.424. The number of carbonyl (C=O) groups is 1. The minimum Gasteiger partial charge on any atom is -0.358 e. The molecule has 5 heterocycles. The number of hydrogen-bond donors (Lipinski definition) is 2. The van der Waals surface area contributed by atoms with E-state index in [9.17, 15) is 4.79 Å². The molecule has 11 nitrogen and oxygen atoms in total. The van der Waals surface area contributed by atoms with Crippen molar-refractivity contribution in [2.24, 2.45) is 0 Å². The van der Waals surface area contributed by atoms with E-state index in [0.29, 0.717) is 33.3 Å². The summed E-state index contributed by atoms with van der Waals surface area (Å²) in [7, 11) is 0. The van der Waals surface area contributed by atoms with Crippen molar-refractivity contribution < 1.29 is 14.3 Å². The molecule has 5 aromatic rings. The van der Waals surface area contributed by atoms with Crippen molar-refractivity contribution in [3.8, 4) is 11.5 Å². The van der Waals surface area contributed by atoms with Gasteiger partial charge in [0, 0.05) is 11.5 Å². The number of H-pyrrole nitrogens is 2. The van der Waals surface area contributed by atoms with Gasteiger partial charge < -0.3 is 9.84 Å². The van der Waals surface area contributed by atoms with Crippen LogP contribution in [0.4, 0.5) is 0 Å². The van der Waals surface area contributed by atoms with Crippen molar-refractivity contribution in [1.82, 2.24) is 40.4 Å².